The lowest BCUT2D eigenvalue weighted by Crippen LogP contribution is -2.40. The van der Waals surface area contributed by atoms with Gasteiger partial charge in [0.05, 0.1) is 5.60 Å². The van der Waals surface area contributed by atoms with Gasteiger partial charge in [0.25, 0.3) is 0 Å². The number of nitrogens with one attached hydrogen (secondary N) is 1. The van der Waals surface area contributed by atoms with Gasteiger partial charge in [0.15, 0.2) is 0 Å². The Morgan fingerprint density at radius 3 is 2.45 bits per heavy atom. The molecular weight excluding hydrogens is 298 g/mol. The molecule has 20 heavy (non-hydrogen) atoms. The average molecular weight is 316 g/mol. The molecule has 1 aromatic rings. The predicted molar refractivity (Wildman–Crippen MR) is 80.8 cm³/mol. The Morgan fingerprint density at radius 2 is 1.85 bits per heavy atom. The Bertz CT molecular complexity index is 575. The zero-order chi connectivity index (χ0) is 14.6. The number of sulfonamides is 1. The molecule has 6 heteroatoms. The zero-order valence-electron chi connectivity index (χ0n) is 11.0. The summed E-state index contributed by atoms with van der Waals surface area (Å²) in [4.78, 5) is 0. The lowest BCUT2D eigenvalue weighted by atomic mass is 10.0. The molecule has 0 amide bonds. The van der Waals surface area contributed by atoms with Crippen LogP contribution in [0.4, 0.5) is 0 Å². The molecule has 2 N–H and O–H groups in total. The first-order valence-electron chi connectivity index (χ1n) is 6.54. The Labute approximate surface area is 124 Å². The quantitative estimate of drug-likeness (QED) is 0.877. The summed E-state index contributed by atoms with van der Waals surface area (Å²) in [7, 11) is -3.54. The highest BCUT2D eigenvalue weighted by Crippen LogP contribution is 2.28. The molecule has 0 bridgehead atoms. The van der Waals surface area contributed by atoms with Gasteiger partial charge in [0.2, 0.25) is 10.0 Å². The summed E-state index contributed by atoms with van der Waals surface area (Å²) in [6.07, 6.45) is 4.68. The van der Waals surface area contributed by atoms with Gasteiger partial charge in [0.1, 0.15) is 0 Å². The highest BCUT2D eigenvalue weighted by molar-refractivity contribution is 7.92. The minimum absolute atomic E-state index is 0.0697. The normalized spacial score (nSPS) is 18.7. The number of hydrogen-bond acceptors (Lipinski definition) is 3. The van der Waals surface area contributed by atoms with Crippen molar-refractivity contribution in [2.75, 3.05) is 6.54 Å². The summed E-state index contributed by atoms with van der Waals surface area (Å²) in [5.41, 5.74) is -0.138. The van der Waals surface area contributed by atoms with Crippen LogP contribution in [0.15, 0.2) is 29.7 Å². The molecule has 110 valence electrons. The van der Waals surface area contributed by atoms with Gasteiger partial charge < -0.3 is 5.11 Å². The van der Waals surface area contributed by atoms with Crippen LogP contribution in [-0.2, 0) is 10.0 Å². The van der Waals surface area contributed by atoms with Gasteiger partial charge in [-0.25, -0.2) is 13.1 Å². The predicted octanol–water partition coefficient (Wildman–Crippen LogP) is 2.54. The number of rotatable bonds is 5. The van der Waals surface area contributed by atoms with Crippen molar-refractivity contribution in [1.82, 2.24) is 4.72 Å². The maximum Gasteiger partial charge on any atom is 0.233 e. The fourth-order valence-corrected chi connectivity index (χ4v) is 3.26. The monoisotopic (exact) mass is 315 g/mol. The minimum atomic E-state index is -3.54. The van der Waals surface area contributed by atoms with Gasteiger partial charge in [-0.05, 0) is 36.6 Å². The van der Waals surface area contributed by atoms with Gasteiger partial charge in [-0.2, -0.15) is 0 Å². The second kappa shape index (κ2) is 6.26. The highest BCUT2D eigenvalue weighted by atomic mass is 35.5. The Hall–Kier alpha value is -0.880. The van der Waals surface area contributed by atoms with E-state index in [2.05, 4.69) is 4.72 Å². The highest BCUT2D eigenvalue weighted by Gasteiger charge is 2.31. The summed E-state index contributed by atoms with van der Waals surface area (Å²) < 4.78 is 26.1. The third-order valence-corrected chi connectivity index (χ3v) is 4.74. The summed E-state index contributed by atoms with van der Waals surface area (Å²) in [6.45, 7) is 0.0697. The van der Waals surface area contributed by atoms with E-state index in [1.54, 1.807) is 24.3 Å². The average Bonchev–Trinajstić information content (AvgIpc) is 2.84. The lowest BCUT2D eigenvalue weighted by Gasteiger charge is -2.21. The maximum absolute atomic E-state index is 11.8. The van der Waals surface area contributed by atoms with E-state index in [0.29, 0.717) is 17.9 Å². The Balaban J connectivity index is 1.95. The van der Waals surface area contributed by atoms with Crippen molar-refractivity contribution < 1.29 is 13.5 Å². The van der Waals surface area contributed by atoms with E-state index in [1.165, 1.54) is 6.08 Å². The van der Waals surface area contributed by atoms with E-state index in [4.69, 9.17) is 11.6 Å². The molecule has 1 fully saturated rings. The molecule has 4 nitrogen and oxygen atoms in total. The molecule has 0 saturated heterocycles. The topological polar surface area (TPSA) is 66.4 Å². The van der Waals surface area contributed by atoms with Crippen molar-refractivity contribution in [2.45, 2.75) is 31.3 Å². The van der Waals surface area contributed by atoms with E-state index < -0.39 is 15.6 Å². The largest absolute Gasteiger partial charge is 0.389 e. The molecule has 2 rings (SSSR count). The molecule has 0 spiro atoms. The molecule has 1 aliphatic rings. The molecule has 0 atom stereocenters. The van der Waals surface area contributed by atoms with Crippen LogP contribution in [0.3, 0.4) is 0 Å². The summed E-state index contributed by atoms with van der Waals surface area (Å²) in [5.74, 6) is 0. The first-order chi connectivity index (χ1) is 9.39. The van der Waals surface area contributed by atoms with Gasteiger partial charge in [0, 0.05) is 17.0 Å². The Morgan fingerprint density at radius 1 is 1.25 bits per heavy atom. The van der Waals surface area contributed by atoms with Crippen LogP contribution in [0.1, 0.15) is 31.2 Å². The second-order valence-corrected chi connectivity index (χ2v) is 7.24. The number of hydrogen-bond donors (Lipinski definition) is 2. The number of halogens is 1. The van der Waals surface area contributed by atoms with Crippen molar-refractivity contribution in [3.63, 3.8) is 0 Å². The molecule has 1 aliphatic carbocycles. The standard InChI is InChI=1S/C14H18ClNO3S/c15-13-5-3-12(4-6-13)7-10-20(18,19)16-11-14(17)8-1-2-9-14/h3-7,10,16-17H,1-2,8-9,11H2. The van der Waals surface area contributed by atoms with E-state index >= 15 is 0 Å². The zero-order valence-corrected chi connectivity index (χ0v) is 12.6. The number of benzene rings is 1. The molecule has 0 radical (unpaired) electrons. The summed E-state index contributed by atoms with van der Waals surface area (Å²) in [5, 5.41) is 11.8. The van der Waals surface area contributed by atoms with Crippen LogP contribution in [0.25, 0.3) is 6.08 Å². The van der Waals surface area contributed by atoms with Crippen LogP contribution in [-0.4, -0.2) is 25.7 Å². The molecule has 0 aliphatic heterocycles. The van der Waals surface area contributed by atoms with Crippen LogP contribution < -0.4 is 4.72 Å². The van der Waals surface area contributed by atoms with E-state index in [1.807, 2.05) is 0 Å². The second-order valence-electron chi connectivity index (χ2n) is 5.15. The third kappa shape index (κ3) is 4.59. The molecule has 1 aromatic carbocycles. The van der Waals surface area contributed by atoms with Gasteiger partial charge >= 0.3 is 0 Å². The maximum atomic E-state index is 11.8. The van der Waals surface area contributed by atoms with Crippen molar-refractivity contribution >= 4 is 27.7 Å². The molecule has 0 heterocycles. The summed E-state index contributed by atoms with van der Waals surface area (Å²) >= 11 is 5.76. The number of aliphatic hydroxyl groups is 1. The third-order valence-electron chi connectivity index (χ3n) is 3.45. The van der Waals surface area contributed by atoms with E-state index in [0.717, 1.165) is 23.8 Å². The van der Waals surface area contributed by atoms with Crippen molar-refractivity contribution in [1.29, 1.82) is 0 Å². The smallest absolute Gasteiger partial charge is 0.233 e. The van der Waals surface area contributed by atoms with Crippen molar-refractivity contribution in [2.24, 2.45) is 0 Å². The first kappa shape index (κ1) is 15.5. The Kier molecular flexibility index (Phi) is 4.86. The lowest BCUT2D eigenvalue weighted by molar-refractivity contribution is 0.0532. The molecule has 0 aromatic heterocycles. The van der Waals surface area contributed by atoms with Crippen molar-refractivity contribution in [3.8, 4) is 0 Å². The van der Waals surface area contributed by atoms with Gasteiger partial charge in [-0.3, -0.25) is 0 Å². The van der Waals surface area contributed by atoms with E-state index in [9.17, 15) is 13.5 Å². The van der Waals surface area contributed by atoms with Crippen molar-refractivity contribution in [3.05, 3.63) is 40.3 Å². The fourth-order valence-electron chi connectivity index (χ4n) is 2.23. The van der Waals surface area contributed by atoms with Gasteiger partial charge in [-0.1, -0.05) is 36.6 Å². The van der Waals surface area contributed by atoms with Crippen LogP contribution in [0.5, 0.6) is 0 Å². The fraction of sp³-hybridized carbons (Fsp3) is 0.429. The first-order valence-corrected chi connectivity index (χ1v) is 8.47. The SMILES string of the molecule is O=S(=O)(C=Cc1ccc(Cl)cc1)NCC1(O)CCCC1. The summed E-state index contributed by atoms with van der Waals surface area (Å²) in [6, 6.07) is 6.86. The van der Waals surface area contributed by atoms with Crippen LogP contribution in [0, 0.1) is 0 Å². The van der Waals surface area contributed by atoms with Crippen LogP contribution in [0.2, 0.25) is 5.02 Å². The molecular formula is C14H18ClNO3S. The molecule has 1 saturated carbocycles. The molecule has 0 unspecified atom stereocenters. The van der Waals surface area contributed by atoms with Gasteiger partial charge in [-0.15, -0.1) is 0 Å². The van der Waals surface area contributed by atoms with Crippen LogP contribution >= 0.6 is 11.6 Å². The minimum Gasteiger partial charge on any atom is -0.389 e. The van der Waals surface area contributed by atoms with E-state index in [-0.39, 0.29) is 6.54 Å².